The average molecular weight is 645 g/mol. The van der Waals surface area contributed by atoms with Crippen LogP contribution in [0.3, 0.4) is 0 Å². The number of benzene rings is 3. The molecule has 4 rings (SSSR count). The van der Waals surface area contributed by atoms with Crippen molar-refractivity contribution in [2.45, 2.75) is 27.4 Å². The van der Waals surface area contributed by atoms with Crippen molar-refractivity contribution in [2.75, 3.05) is 4.90 Å². The van der Waals surface area contributed by atoms with E-state index in [0.717, 1.165) is 25.2 Å². The second-order valence-electron chi connectivity index (χ2n) is 8.31. The Labute approximate surface area is 225 Å². The number of nitrogens with one attached hydrogen (secondary N) is 1. The first-order valence-electron chi connectivity index (χ1n) is 10.8. The molecule has 0 spiro atoms. The molecule has 1 aliphatic rings. The molecular formula is C27H22BrIN2O4. The van der Waals surface area contributed by atoms with Gasteiger partial charge in [-0.05, 0) is 112 Å². The van der Waals surface area contributed by atoms with Crippen LogP contribution in [0.25, 0.3) is 6.08 Å². The summed E-state index contributed by atoms with van der Waals surface area (Å²) in [5, 5.41) is 2.27. The molecule has 6 nitrogen and oxygen atoms in total. The number of barbiturate groups is 1. The maximum atomic E-state index is 13.2. The van der Waals surface area contributed by atoms with Gasteiger partial charge in [0.25, 0.3) is 11.8 Å². The second-order valence-corrected chi connectivity index (χ2v) is 10.3. The van der Waals surface area contributed by atoms with Crippen LogP contribution in [0.1, 0.15) is 27.8 Å². The molecule has 0 radical (unpaired) electrons. The van der Waals surface area contributed by atoms with E-state index in [1.54, 1.807) is 18.2 Å². The smallest absolute Gasteiger partial charge is 0.335 e. The first-order valence-corrected chi connectivity index (χ1v) is 12.7. The molecule has 3 aromatic carbocycles. The van der Waals surface area contributed by atoms with Crippen molar-refractivity contribution in [2.24, 2.45) is 0 Å². The molecule has 0 unspecified atom stereocenters. The van der Waals surface area contributed by atoms with Crippen LogP contribution < -0.4 is 15.0 Å². The zero-order chi connectivity index (χ0) is 25.3. The number of ether oxygens (including phenoxy) is 1. The van der Waals surface area contributed by atoms with Gasteiger partial charge in [-0.2, -0.15) is 0 Å². The molecule has 1 heterocycles. The van der Waals surface area contributed by atoms with Crippen molar-refractivity contribution >= 4 is 68.1 Å². The van der Waals surface area contributed by atoms with E-state index >= 15 is 0 Å². The van der Waals surface area contributed by atoms with Crippen LogP contribution in [0, 0.1) is 24.3 Å². The number of carbonyl (C=O) groups is 3. The summed E-state index contributed by atoms with van der Waals surface area (Å²) in [6.45, 7) is 6.28. The van der Waals surface area contributed by atoms with Crippen molar-refractivity contribution in [1.82, 2.24) is 5.32 Å². The lowest BCUT2D eigenvalue weighted by Gasteiger charge is -2.27. The summed E-state index contributed by atoms with van der Waals surface area (Å²) in [6.07, 6.45) is 1.48. The fourth-order valence-electron chi connectivity index (χ4n) is 3.56. The van der Waals surface area contributed by atoms with Crippen LogP contribution in [0.15, 0.2) is 64.6 Å². The van der Waals surface area contributed by atoms with Crippen molar-refractivity contribution in [3.8, 4) is 5.75 Å². The summed E-state index contributed by atoms with van der Waals surface area (Å²) >= 11 is 5.70. The minimum atomic E-state index is -0.768. The minimum Gasteiger partial charge on any atom is -0.487 e. The number of hydrogen-bond acceptors (Lipinski definition) is 4. The van der Waals surface area contributed by atoms with Gasteiger partial charge in [-0.15, -0.1) is 0 Å². The van der Waals surface area contributed by atoms with Crippen molar-refractivity contribution in [3.05, 3.63) is 96.0 Å². The standard InChI is InChI=1S/C27H22BrIN2O4/c1-15-4-7-18(8-5-15)14-35-24-22(28)12-19(13-23(24)29)11-21-25(32)30-27(34)31(26(21)33)20-9-6-16(2)17(3)10-20/h4-13H,14H2,1-3H3,(H,30,32,34)/b21-11+. The molecule has 4 amide bonds. The lowest BCUT2D eigenvalue weighted by atomic mass is 10.0. The van der Waals surface area contributed by atoms with Crippen LogP contribution in [0.5, 0.6) is 5.75 Å². The Balaban J connectivity index is 1.61. The van der Waals surface area contributed by atoms with E-state index in [2.05, 4.69) is 43.8 Å². The van der Waals surface area contributed by atoms with Gasteiger partial charge in [0.2, 0.25) is 0 Å². The Kier molecular flexibility index (Phi) is 7.42. The molecule has 0 aromatic heterocycles. The van der Waals surface area contributed by atoms with E-state index < -0.39 is 17.8 Å². The average Bonchev–Trinajstić information content (AvgIpc) is 2.79. The number of aryl methyl sites for hydroxylation is 3. The molecule has 35 heavy (non-hydrogen) atoms. The van der Waals surface area contributed by atoms with E-state index in [1.807, 2.05) is 57.2 Å². The van der Waals surface area contributed by atoms with E-state index in [1.165, 1.54) is 11.6 Å². The van der Waals surface area contributed by atoms with Gasteiger partial charge in [0.05, 0.1) is 13.7 Å². The lowest BCUT2D eigenvalue weighted by molar-refractivity contribution is -0.122. The van der Waals surface area contributed by atoms with Crippen LogP contribution in [-0.4, -0.2) is 17.8 Å². The number of anilines is 1. The first kappa shape index (κ1) is 25.1. The van der Waals surface area contributed by atoms with E-state index in [4.69, 9.17) is 4.74 Å². The Morgan fingerprint density at radius 2 is 1.69 bits per heavy atom. The zero-order valence-electron chi connectivity index (χ0n) is 19.3. The summed E-state index contributed by atoms with van der Waals surface area (Å²) in [7, 11) is 0. The van der Waals surface area contributed by atoms with Gasteiger partial charge >= 0.3 is 6.03 Å². The highest BCUT2D eigenvalue weighted by atomic mass is 127. The highest BCUT2D eigenvalue weighted by molar-refractivity contribution is 14.1. The number of imide groups is 2. The maximum Gasteiger partial charge on any atom is 0.335 e. The highest BCUT2D eigenvalue weighted by Crippen LogP contribution is 2.34. The first-order chi connectivity index (χ1) is 16.6. The summed E-state index contributed by atoms with van der Waals surface area (Å²) in [5.41, 5.74) is 5.10. The molecular weight excluding hydrogens is 623 g/mol. The third-order valence-electron chi connectivity index (χ3n) is 5.69. The number of carbonyl (C=O) groups excluding carboxylic acids is 3. The Bertz CT molecular complexity index is 1360. The number of hydrogen-bond donors (Lipinski definition) is 1. The number of urea groups is 1. The largest absolute Gasteiger partial charge is 0.487 e. The topological polar surface area (TPSA) is 75.7 Å². The fourth-order valence-corrected chi connectivity index (χ4v) is 5.33. The molecule has 0 aliphatic carbocycles. The summed E-state index contributed by atoms with van der Waals surface area (Å²) in [6, 6.07) is 16.2. The van der Waals surface area contributed by atoms with E-state index in [-0.39, 0.29) is 5.57 Å². The molecule has 1 fully saturated rings. The summed E-state index contributed by atoms with van der Waals surface area (Å²) < 4.78 is 7.51. The summed E-state index contributed by atoms with van der Waals surface area (Å²) in [4.78, 5) is 39.2. The predicted octanol–water partition coefficient (Wildman–Crippen LogP) is 6.22. The van der Waals surface area contributed by atoms with Gasteiger partial charge < -0.3 is 4.74 Å². The molecule has 178 valence electrons. The Hall–Kier alpha value is -2.98. The van der Waals surface area contributed by atoms with Crippen molar-refractivity contribution < 1.29 is 19.1 Å². The SMILES string of the molecule is Cc1ccc(COc2c(Br)cc(/C=C3\C(=O)NC(=O)N(c4ccc(C)c(C)c4)C3=O)cc2I)cc1. The van der Waals surface area contributed by atoms with Gasteiger partial charge in [0.1, 0.15) is 17.9 Å². The molecule has 1 saturated heterocycles. The van der Waals surface area contributed by atoms with Crippen LogP contribution in [0.2, 0.25) is 0 Å². The molecule has 0 saturated carbocycles. The Morgan fingerprint density at radius 1 is 0.971 bits per heavy atom. The van der Waals surface area contributed by atoms with E-state index in [9.17, 15) is 14.4 Å². The monoisotopic (exact) mass is 644 g/mol. The van der Waals surface area contributed by atoms with Gasteiger partial charge in [-0.25, -0.2) is 9.69 Å². The van der Waals surface area contributed by atoms with Crippen LogP contribution in [0.4, 0.5) is 10.5 Å². The molecule has 8 heteroatoms. The van der Waals surface area contributed by atoms with Crippen LogP contribution >= 0.6 is 38.5 Å². The third-order valence-corrected chi connectivity index (χ3v) is 7.08. The number of halogens is 2. The molecule has 0 bridgehead atoms. The second kappa shape index (κ2) is 10.3. The Morgan fingerprint density at radius 3 is 2.34 bits per heavy atom. The van der Waals surface area contributed by atoms with Crippen molar-refractivity contribution in [1.29, 1.82) is 0 Å². The van der Waals surface area contributed by atoms with Gasteiger partial charge in [0, 0.05) is 0 Å². The van der Waals surface area contributed by atoms with E-state index in [0.29, 0.717) is 28.1 Å². The van der Waals surface area contributed by atoms with Gasteiger partial charge in [-0.1, -0.05) is 35.9 Å². The van der Waals surface area contributed by atoms with Gasteiger partial charge in [0.15, 0.2) is 0 Å². The maximum absolute atomic E-state index is 13.2. The van der Waals surface area contributed by atoms with Crippen molar-refractivity contribution in [3.63, 3.8) is 0 Å². The quantitative estimate of drug-likeness (QED) is 0.203. The lowest BCUT2D eigenvalue weighted by Crippen LogP contribution is -2.54. The van der Waals surface area contributed by atoms with Gasteiger partial charge in [-0.3, -0.25) is 14.9 Å². The molecule has 1 N–H and O–H groups in total. The molecule has 0 atom stereocenters. The number of amides is 4. The summed E-state index contributed by atoms with van der Waals surface area (Å²) in [5.74, 6) is -0.738. The number of nitrogens with zero attached hydrogens (tertiary/aromatic N) is 1. The zero-order valence-corrected chi connectivity index (χ0v) is 23.1. The number of rotatable bonds is 5. The highest BCUT2D eigenvalue weighted by Gasteiger charge is 2.37. The predicted molar refractivity (Wildman–Crippen MR) is 147 cm³/mol. The van der Waals surface area contributed by atoms with Crippen LogP contribution in [-0.2, 0) is 16.2 Å². The molecule has 1 aliphatic heterocycles. The normalized spacial score (nSPS) is 14.9. The fraction of sp³-hybridized carbons (Fsp3) is 0.148. The minimum absolute atomic E-state index is 0.126. The third kappa shape index (κ3) is 5.48. The molecule has 3 aromatic rings.